The predicted octanol–water partition coefficient (Wildman–Crippen LogP) is 6.21. The van der Waals surface area contributed by atoms with Crippen LogP contribution < -0.4 is 5.32 Å². The highest BCUT2D eigenvalue weighted by Gasteiger charge is 2.22. The van der Waals surface area contributed by atoms with Crippen LogP contribution in [0.1, 0.15) is 28.4 Å². The Hall–Kier alpha value is -2.89. The summed E-state index contributed by atoms with van der Waals surface area (Å²) >= 11 is 7.40. The lowest BCUT2D eigenvalue weighted by Crippen LogP contribution is -2.12. The highest BCUT2D eigenvalue weighted by Crippen LogP contribution is 2.36. The molecule has 0 unspecified atom stereocenters. The molecule has 0 atom stereocenters. The fourth-order valence-corrected chi connectivity index (χ4v) is 3.89. The number of rotatable bonds is 6. The van der Waals surface area contributed by atoms with Gasteiger partial charge in [-0.2, -0.15) is 0 Å². The molecule has 0 aliphatic carbocycles. The van der Waals surface area contributed by atoms with Gasteiger partial charge in [-0.05, 0) is 37.1 Å². The molecule has 2 aromatic carbocycles. The van der Waals surface area contributed by atoms with E-state index < -0.39 is 5.97 Å². The van der Waals surface area contributed by atoms with Crippen LogP contribution >= 0.6 is 22.9 Å². The van der Waals surface area contributed by atoms with E-state index in [0.29, 0.717) is 15.6 Å². The first-order valence-corrected chi connectivity index (χ1v) is 10.3. The monoisotopic (exact) mass is 425 g/mol. The van der Waals surface area contributed by atoms with Gasteiger partial charge in [0.2, 0.25) is 5.91 Å². The van der Waals surface area contributed by atoms with Crippen LogP contribution in [0.15, 0.2) is 60.0 Å². The maximum Gasteiger partial charge on any atom is 0.341 e. The molecule has 0 radical (unpaired) electrons. The first kappa shape index (κ1) is 20.8. The Morgan fingerprint density at radius 1 is 1.14 bits per heavy atom. The molecule has 4 nitrogen and oxygen atoms in total. The minimum Gasteiger partial charge on any atom is -0.462 e. The largest absolute Gasteiger partial charge is 0.462 e. The van der Waals surface area contributed by atoms with Gasteiger partial charge < -0.3 is 10.1 Å². The second-order valence-electron chi connectivity index (χ2n) is 6.28. The topological polar surface area (TPSA) is 55.4 Å². The van der Waals surface area contributed by atoms with E-state index in [-0.39, 0.29) is 12.5 Å². The van der Waals surface area contributed by atoms with Gasteiger partial charge in [-0.25, -0.2) is 4.79 Å². The van der Waals surface area contributed by atoms with Gasteiger partial charge in [0.1, 0.15) is 10.6 Å². The molecule has 3 rings (SSSR count). The van der Waals surface area contributed by atoms with Crippen LogP contribution in [0.5, 0.6) is 0 Å². The van der Waals surface area contributed by atoms with Crippen LogP contribution in [0.2, 0.25) is 5.02 Å². The number of carbonyl (C=O) groups is 2. The number of ether oxygens (including phenoxy) is 1. The van der Waals surface area contributed by atoms with Crippen molar-refractivity contribution in [3.05, 3.63) is 81.7 Å². The molecule has 6 heteroatoms. The Kier molecular flexibility index (Phi) is 6.86. The number of nitrogens with one attached hydrogen (secondary N) is 1. The van der Waals surface area contributed by atoms with Crippen LogP contribution in [0.3, 0.4) is 0 Å². The van der Waals surface area contributed by atoms with Crippen molar-refractivity contribution in [1.82, 2.24) is 0 Å². The number of benzene rings is 2. The van der Waals surface area contributed by atoms with Crippen molar-refractivity contribution in [2.45, 2.75) is 13.8 Å². The van der Waals surface area contributed by atoms with Gasteiger partial charge in [-0.3, -0.25) is 4.79 Å². The fraction of sp³-hybridized carbons (Fsp3) is 0.130. The number of halogens is 1. The molecule has 3 aromatic rings. The summed E-state index contributed by atoms with van der Waals surface area (Å²) in [7, 11) is 0. The number of esters is 1. The summed E-state index contributed by atoms with van der Waals surface area (Å²) in [6.07, 6.45) is 3.03. The Morgan fingerprint density at radius 2 is 1.86 bits per heavy atom. The molecule has 29 heavy (non-hydrogen) atoms. The molecule has 1 amide bonds. The number of aryl methyl sites for hydroxylation is 1. The lowest BCUT2D eigenvalue weighted by Gasteiger charge is -2.08. The molecule has 1 N–H and O–H groups in total. The Balaban J connectivity index is 1.88. The SMILES string of the molecule is CCOC(=O)c1c(-c2ccc(C)cc2)csc1NC(=O)/C=C/c1ccccc1Cl. The lowest BCUT2D eigenvalue weighted by molar-refractivity contribution is -0.111. The van der Waals surface area contributed by atoms with E-state index in [9.17, 15) is 9.59 Å². The molecule has 0 aliphatic heterocycles. The van der Waals surface area contributed by atoms with E-state index in [1.165, 1.54) is 17.4 Å². The summed E-state index contributed by atoms with van der Waals surface area (Å²) in [6, 6.07) is 15.1. The third kappa shape index (κ3) is 5.13. The van der Waals surface area contributed by atoms with E-state index in [2.05, 4.69) is 5.32 Å². The van der Waals surface area contributed by atoms with E-state index in [1.54, 1.807) is 19.1 Å². The number of amides is 1. The van der Waals surface area contributed by atoms with E-state index in [4.69, 9.17) is 16.3 Å². The molecule has 1 aromatic heterocycles. The van der Waals surface area contributed by atoms with Crippen molar-refractivity contribution in [1.29, 1.82) is 0 Å². The fourth-order valence-electron chi connectivity index (χ4n) is 2.73. The van der Waals surface area contributed by atoms with E-state index >= 15 is 0 Å². The van der Waals surface area contributed by atoms with Crippen LogP contribution in [-0.4, -0.2) is 18.5 Å². The second-order valence-corrected chi connectivity index (χ2v) is 7.57. The van der Waals surface area contributed by atoms with Crippen LogP contribution in [0.25, 0.3) is 17.2 Å². The zero-order valence-corrected chi connectivity index (χ0v) is 17.6. The van der Waals surface area contributed by atoms with E-state index in [1.807, 2.05) is 54.8 Å². The van der Waals surface area contributed by atoms with Gasteiger partial charge in [0.25, 0.3) is 0 Å². The summed E-state index contributed by atoms with van der Waals surface area (Å²) in [6.45, 7) is 4.00. The normalized spacial score (nSPS) is 10.9. The van der Waals surface area contributed by atoms with Gasteiger partial charge in [0.15, 0.2) is 0 Å². The maximum absolute atomic E-state index is 12.6. The number of hydrogen-bond donors (Lipinski definition) is 1. The smallest absolute Gasteiger partial charge is 0.341 e. The van der Waals surface area contributed by atoms with Crippen LogP contribution in [0.4, 0.5) is 5.00 Å². The molecule has 0 saturated heterocycles. The molecule has 0 aliphatic rings. The lowest BCUT2D eigenvalue weighted by atomic mass is 10.0. The van der Waals surface area contributed by atoms with Crippen molar-refractivity contribution in [3.63, 3.8) is 0 Å². The predicted molar refractivity (Wildman–Crippen MR) is 120 cm³/mol. The average Bonchev–Trinajstić information content (AvgIpc) is 3.11. The zero-order valence-electron chi connectivity index (χ0n) is 16.1. The molecule has 0 bridgehead atoms. The standard InChI is InChI=1S/C23H20ClNO3S/c1-3-28-23(27)21-18(16-10-8-15(2)9-11-16)14-29-22(21)25-20(26)13-12-17-6-4-5-7-19(17)24/h4-14H,3H2,1-2H3,(H,25,26)/b13-12+. The number of carbonyl (C=O) groups excluding carboxylic acids is 2. The van der Waals surface area contributed by atoms with Crippen molar-refractivity contribution < 1.29 is 14.3 Å². The number of hydrogen-bond acceptors (Lipinski definition) is 4. The molecular formula is C23H20ClNO3S. The minimum atomic E-state index is -0.463. The van der Waals surface area contributed by atoms with Crippen molar-refractivity contribution in [3.8, 4) is 11.1 Å². The van der Waals surface area contributed by atoms with Crippen LogP contribution in [-0.2, 0) is 9.53 Å². The molecule has 0 spiro atoms. The summed E-state index contributed by atoms with van der Waals surface area (Å²) in [5.74, 6) is -0.817. The molecule has 0 fully saturated rings. The summed E-state index contributed by atoms with van der Waals surface area (Å²) in [4.78, 5) is 25.0. The third-order valence-corrected chi connectivity index (χ3v) is 5.43. The molecule has 1 heterocycles. The van der Waals surface area contributed by atoms with Crippen molar-refractivity contribution >= 4 is 45.9 Å². The van der Waals surface area contributed by atoms with Gasteiger partial charge in [0, 0.05) is 22.0 Å². The van der Waals surface area contributed by atoms with Crippen molar-refractivity contribution in [2.24, 2.45) is 0 Å². The quantitative estimate of drug-likeness (QED) is 0.377. The molecule has 0 saturated carbocycles. The second kappa shape index (κ2) is 9.54. The van der Waals surface area contributed by atoms with Gasteiger partial charge >= 0.3 is 5.97 Å². The summed E-state index contributed by atoms with van der Waals surface area (Å²) < 4.78 is 5.22. The molecule has 148 valence electrons. The summed E-state index contributed by atoms with van der Waals surface area (Å²) in [5.41, 5.74) is 3.85. The van der Waals surface area contributed by atoms with Gasteiger partial charge in [0.05, 0.1) is 6.61 Å². The zero-order chi connectivity index (χ0) is 20.8. The highest BCUT2D eigenvalue weighted by molar-refractivity contribution is 7.15. The molecular weight excluding hydrogens is 406 g/mol. The Morgan fingerprint density at radius 3 is 2.55 bits per heavy atom. The van der Waals surface area contributed by atoms with Crippen LogP contribution in [0, 0.1) is 6.92 Å². The van der Waals surface area contributed by atoms with Gasteiger partial charge in [-0.1, -0.05) is 59.6 Å². The highest BCUT2D eigenvalue weighted by atomic mass is 35.5. The summed E-state index contributed by atoms with van der Waals surface area (Å²) in [5, 5.41) is 5.65. The minimum absolute atomic E-state index is 0.252. The first-order valence-electron chi connectivity index (χ1n) is 9.09. The van der Waals surface area contributed by atoms with Crippen molar-refractivity contribution in [2.75, 3.05) is 11.9 Å². The number of thiophene rings is 1. The average molecular weight is 426 g/mol. The van der Waals surface area contributed by atoms with E-state index in [0.717, 1.165) is 22.3 Å². The number of anilines is 1. The van der Waals surface area contributed by atoms with Gasteiger partial charge in [-0.15, -0.1) is 11.3 Å². The third-order valence-electron chi connectivity index (χ3n) is 4.19. The maximum atomic E-state index is 12.6. The Bertz CT molecular complexity index is 1050. The first-order chi connectivity index (χ1) is 14.0. The Labute approximate surface area is 178 Å².